The lowest BCUT2D eigenvalue weighted by molar-refractivity contribution is 0.0702. The second-order valence-electron chi connectivity index (χ2n) is 3.58. The minimum atomic E-state index is -0.984. The Morgan fingerprint density at radius 2 is 2.00 bits per heavy atom. The van der Waals surface area contributed by atoms with Crippen LogP contribution < -0.4 is 9.47 Å². The van der Waals surface area contributed by atoms with Crippen molar-refractivity contribution in [1.82, 2.24) is 0 Å². The van der Waals surface area contributed by atoms with Gasteiger partial charge in [-0.15, -0.1) is 11.3 Å². The van der Waals surface area contributed by atoms with Crippen molar-refractivity contribution in [1.29, 1.82) is 0 Å². The second-order valence-corrected chi connectivity index (χ2v) is 4.49. The van der Waals surface area contributed by atoms with Gasteiger partial charge in [0.25, 0.3) is 0 Å². The fraction of sp³-hybridized carbons (Fsp3) is 0.154. The normalized spacial score (nSPS) is 10.2. The number of hydrogen-bond donors (Lipinski definition) is 1. The maximum atomic E-state index is 13.2. The average Bonchev–Trinajstić information content (AvgIpc) is 2.85. The smallest absolute Gasteiger partial charge is 0.346 e. The number of carboxylic acids is 1. The molecule has 2 aromatic rings. The minimum absolute atomic E-state index is 0.169. The number of rotatable bonds is 6. The van der Waals surface area contributed by atoms with Gasteiger partial charge in [-0.2, -0.15) is 0 Å². The van der Waals surface area contributed by atoms with Gasteiger partial charge in [-0.25, -0.2) is 9.18 Å². The molecule has 1 aromatic carbocycles. The van der Waals surface area contributed by atoms with Gasteiger partial charge in [0.1, 0.15) is 23.8 Å². The molecule has 2 rings (SSSR count). The van der Waals surface area contributed by atoms with E-state index >= 15 is 0 Å². The number of halogens is 1. The highest BCUT2D eigenvalue weighted by molar-refractivity contribution is 7.12. The third kappa shape index (κ3) is 3.69. The van der Waals surface area contributed by atoms with Gasteiger partial charge in [0, 0.05) is 11.4 Å². The summed E-state index contributed by atoms with van der Waals surface area (Å²) in [5.41, 5.74) is 0. The van der Waals surface area contributed by atoms with Crippen molar-refractivity contribution in [3.8, 4) is 11.5 Å². The molecule has 0 bridgehead atoms. The Morgan fingerprint density at radius 3 is 2.68 bits per heavy atom. The molecule has 6 heteroatoms. The van der Waals surface area contributed by atoms with Crippen molar-refractivity contribution < 1.29 is 23.8 Å². The maximum absolute atomic E-state index is 13.2. The molecule has 0 saturated carbocycles. The molecule has 0 radical (unpaired) electrons. The van der Waals surface area contributed by atoms with Crippen LogP contribution in [0.4, 0.5) is 4.39 Å². The average molecular weight is 282 g/mol. The Kier molecular flexibility index (Phi) is 4.35. The first-order chi connectivity index (χ1) is 9.16. The number of carbonyl (C=O) groups is 1. The van der Waals surface area contributed by atoms with E-state index in [1.165, 1.54) is 18.2 Å². The highest BCUT2D eigenvalue weighted by Crippen LogP contribution is 2.21. The molecule has 1 N–H and O–H groups in total. The topological polar surface area (TPSA) is 55.8 Å². The molecule has 0 fully saturated rings. The first-order valence-corrected chi connectivity index (χ1v) is 6.37. The zero-order chi connectivity index (χ0) is 13.7. The quantitative estimate of drug-likeness (QED) is 0.827. The van der Waals surface area contributed by atoms with Crippen LogP contribution in [-0.4, -0.2) is 24.3 Å². The van der Waals surface area contributed by atoms with E-state index in [1.807, 2.05) is 0 Å². The predicted octanol–water partition coefficient (Wildman–Crippen LogP) is 3.04. The van der Waals surface area contributed by atoms with Gasteiger partial charge >= 0.3 is 5.97 Å². The molecule has 100 valence electrons. The Labute approximate surface area is 113 Å². The number of ether oxygens (including phenoxy) is 2. The molecule has 0 aliphatic heterocycles. The van der Waals surface area contributed by atoms with E-state index < -0.39 is 11.8 Å². The Hall–Kier alpha value is -2.08. The van der Waals surface area contributed by atoms with Gasteiger partial charge in [-0.3, -0.25) is 0 Å². The van der Waals surface area contributed by atoms with Gasteiger partial charge in [-0.1, -0.05) is 12.1 Å². The van der Waals surface area contributed by atoms with E-state index in [-0.39, 0.29) is 23.8 Å². The third-order valence-corrected chi connectivity index (χ3v) is 3.13. The van der Waals surface area contributed by atoms with Crippen LogP contribution in [0.2, 0.25) is 0 Å². The molecule has 0 aliphatic rings. The van der Waals surface area contributed by atoms with Crippen molar-refractivity contribution in [3.05, 3.63) is 46.4 Å². The van der Waals surface area contributed by atoms with Gasteiger partial charge in [0.2, 0.25) is 0 Å². The molecule has 0 aliphatic carbocycles. The second kappa shape index (κ2) is 6.19. The van der Waals surface area contributed by atoms with Crippen molar-refractivity contribution in [2.24, 2.45) is 0 Å². The molecule has 0 amide bonds. The van der Waals surface area contributed by atoms with E-state index in [4.69, 9.17) is 14.6 Å². The van der Waals surface area contributed by atoms with Gasteiger partial charge in [0.05, 0.1) is 0 Å². The van der Waals surface area contributed by atoms with Gasteiger partial charge in [-0.05, 0) is 12.1 Å². The largest absolute Gasteiger partial charge is 0.489 e. The molecule has 19 heavy (non-hydrogen) atoms. The van der Waals surface area contributed by atoms with Gasteiger partial charge in [0.15, 0.2) is 11.6 Å². The van der Waals surface area contributed by atoms with Crippen molar-refractivity contribution >= 4 is 17.3 Å². The predicted molar refractivity (Wildman–Crippen MR) is 68.7 cm³/mol. The SMILES string of the molecule is O=C(O)c1cc(OCCOc2ccccc2F)cs1. The summed E-state index contributed by atoms with van der Waals surface area (Å²) in [6.07, 6.45) is 0. The molecular weight excluding hydrogens is 271 g/mol. The monoisotopic (exact) mass is 282 g/mol. The Balaban J connectivity index is 1.77. The number of para-hydroxylation sites is 1. The maximum Gasteiger partial charge on any atom is 0.346 e. The summed E-state index contributed by atoms with van der Waals surface area (Å²) < 4.78 is 23.7. The summed E-state index contributed by atoms with van der Waals surface area (Å²) in [6, 6.07) is 7.54. The number of aromatic carboxylic acids is 1. The summed E-state index contributed by atoms with van der Waals surface area (Å²) in [4.78, 5) is 10.9. The van der Waals surface area contributed by atoms with Crippen LogP contribution in [0.3, 0.4) is 0 Å². The number of benzene rings is 1. The molecule has 0 unspecified atom stereocenters. The fourth-order valence-corrected chi connectivity index (χ4v) is 2.04. The summed E-state index contributed by atoms with van der Waals surface area (Å²) in [5, 5.41) is 10.3. The van der Waals surface area contributed by atoms with E-state index in [9.17, 15) is 9.18 Å². The molecule has 1 aromatic heterocycles. The Morgan fingerprint density at radius 1 is 1.26 bits per heavy atom. The highest BCUT2D eigenvalue weighted by Gasteiger charge is 2.07. The molecule has 0 atom stereocenters. The van der Waals surface area contributed by atoms with Crippen molar-refractivity contribution in [2.75, 3.05) is 13.2 Å². The van der Waals surface area contributed by atoms with Crippen LogP contribution in [0.25, 0.3) is 0 Å². The number of thiophene rings is 1. The van der Waals surface area contributed by atoms with Crippen LogP contribution in [0.1, 0.15) is 9.67 Å². The third-order valence-electron chi connectivity index (χ3n) is 2.23. The van der Waals surface area contributed by atoms with Crippen LogP contribution in [-0.2, 0) is 0 Å². The van der Waals surface area contributed by atoms with Crippen LogP contribution in [0, 0.1) is 5.82 Å². The lowest BCUT2D eigenvalue weighted by atomic mass is 10.3. The van der Waals surface area contributed by atoms with Crippen LogP contribution in [0.15, 0.2) is 35.7 Å². The fourth-order valence-electron chi connectivity index (χ4n) is 1.38. The lowest BCUT2D eigenvalue weighted by Crippen LogP contribution is -2.09. The Bertz CT molecular complexity index is 567. The zero-order valence-electron chi connectivity index (χ0n) is 9.84. The van der Waals surface area contributed by atoms with E-state index in [1.54, 1.807) is 17.5 Å². The minimum Gasteiger partial charge on any atom is -0.489 e. The number of hydrogen-bond acceptors (Lipinski definition) is 4. The van der Waals surface area contributed by atoms with E-state index in [2.05, 4.69) is 0 Å². The first-order valence-electron chi connectivity index (χ1n) is 5.49. The molecule has 1 heterocycles. The standard InChI is InChI=1S/C13H11FO4S/c14-10-3-1-2-4-11(10)18-6-5-17-9-7-12(13(15)16)19-8-9/h1-4,7-8H,5-6H2,(H,15,16). The summed E-state index contributed by atoms with van der Waals surface area (Å²) >= 11 is 1.09. The van der Waals surface area contributed by atoms with E-state index in [0.29, 0.717) is 5.75 Å². The van der Waals surface area contributed by atoms with E-state index in [0.717, 1.165) is 11.3 Å². The highest BCUT2D eigenvalue weighted by atomic mass is 32.1. The van der Waals surface area contributed by atoms with Crippen molar-refractivity contribution in [2.45, 2.75) is 0 Å². The molecule has 0 spiro atoms. The summed E-state index contributed by atoms with van der Waals surface area (Å²) in [6.45, 7) is 0.392. The molecular formula is C13H11FO4S. The molecule has 4 nitrogen and oxygen atoms in total. The zero-order valence-corrected chi connectivity index (χ0v) is 10.7. The van der Waals surface area contributed by atoms with Crippen LogP contribution >= 0.6 is 11.3 Å². The number of carboxylic acid groups (broad SMARTS) is 1. The van der Waals surface area contributed by atoms with Gasteiger partial charge < -0.3 is 14.6 Å². The van der Waals surface area contributed by atoms with Crippen molar-refractivity contribution in [3.63, 3.8) is 0 Å². The lowest BCUT2D eigenvalue weighted by Gasteiger charge is -2.07. The molecule has 0 saturated heterocycles. The summed E-state index contributed by atoms with van der Waals surface area (Å²) in [5.74, 6) is -0.768. The first kappa shape index (κ1) is 13.4. The summed E-state index contributed by atoms with van der Waals surface area (Å²) in [7, 11) is 0. The van der Waals surface area contributed by atoms with Crippen LogP contribution in [0.5, 0.6) is 11.5 Å².